The number of hydrogen-bond acceptors (Lipinski definition) is 5. The van der Waals surface area contributed by atoms with Gasteiger partial charge in [-0.2, -0.15) is 0 Å². The normalized spacial score (nSPS) is 11.2. The van der Waals surface area contributed by atoms with E-state index in [1.54, 1.807) is 23.4 Å². The minimum absolute atomic E-state index is 0.0351. The Labute approximate surface area is 114 Å². The Hall–Kier alpha value is -0.850. The Bertz CT molecular complexity index is 577. The molecule has 2 rings (SSSR count). The summed E-state index contributed by atoms with van der Waals surface area (Å²) in [5, 5.41) is 11.4. The minimum Gasteiger partial charge on any atom is -0.396 e. The number of aliphatic hydroxyl groups excluding tert-OH is 1. The fourth-order valence-corrected chi connectivity index (χ4v) is 3.43. The molecule has 4 nitrogen and oxygen atoms in total. The van der Waals surface area contributed by atoms with Crippen molar-refractivity contribution in [1.82, 2.24) is 9.55 Å². The first-order valence-electron chi connectivity index (χ1n) is 5.92. The van der Waals surface area contributed by atoms with E-state index in [-0.39, 0.29) is 12.2 Å². The van der Waals surface area contributed by atoms with Crippen molar-refractivity contribution < 1.29 is 5.11 Å². The summed E-state index contributed by atoms with van der Waals surface area (Å²) in [6.45, 7) is 0.252. The molecule has 2 aromatic rings. The van der Waals surface area contributed by atoms with E-state index in [1.807, 2.05) is 11.4 Å². The molecule has 0 saturated carbocycles. The first kappa shape index (κ1) is 13.6. The van der Waals surface area contributed by atoms with Gasteiger partial charge in [0.05, 0.1) is 5.52 Å². The molecule has 0 aliphatic rings. The maximum absolute atomic E-state index is 12.0. The van der Waals surface area contributed by atoms with Crippen molar-refractivity contribution in [3.8, 4) is 0 Å². The summed E-state index contributed by atoms with van der Waals surface area (Å²) in [6, 6.07) is 1.89. The smallest absolute Gasteiger partial charge is 0.271 e. The number of unbranched alkanes of at least 4 members (excludes halogenated alkanes) is 2. The van der Waals surface area contributed by atoms with Crippen LogP contribution >= 0.6 is 23.1 Å². The Kier molecular flexibility index (Phi) is 4.79. The second-order valence-electron chi connectivity index (χ2n) is 4.03. The topological polar surface area (TPSA) is 55.1 Å². The predicted octanol–water partition coefficient (Wildman–Crippen LogP) is 2.25. The molecule has 0 aliphatic heterocycles. The van der Waals surface area contributed by atoms with Gasteiger partial charge in [-0.1, -0.05) is 18.2 Å². The lowest BCUT2D eigenvalue weighted by Crippen LogP contribution is -2.18. The summed E-state index contributed by atoms with van der Waals surface area (Å²) in [5.74, 6) is 0.927. The van der Waals surface area contributed by atoms with Gasteiger partial charge in [-0.05, 0) is 24.3 Å². The lowest BCUT2D eigenvalue weighted by atomic mass is 10.3. The molecule has 0 aliphatic carbocycles. The molecule has 0 fully saturated rings. The number of thioether (sulfide) groups is 1. The van der Waals surface area contributed by atoms with E-state index >= 15 is 0 Å². The average Bonchev–Trinajstić information content (AvgIpc) is 2.83. The van der Waals surface area contributed by atoms with Gasteiger partial charge in [-0.25, -0.2) is 4.98 Å². The van der Waals surface area contributed by atoms with Gasteiger partial charge in [0.2, 0.25) is 0 Å². The highest BCUT2D eigenvalue weighted by Gasteiger charge is 2.09. The molecular weight excluding hydrogens is 268 g/mol. The molecule has 6 heteroatoms. The Morgan fingerprint density at radius 2 is 2.28 bits per heavy atom. The molecule has 0 amide bonds. The first-order chi connectivity index (χ1) is 8.74. The van der Waals surface area contributed by atoms with Crippen LogP contribution in [0.3, 0.4) is 0 Å². The highest BCUT2D eigenvalue weighted by Crippen LogP contribution is 2.20. The van der Waals surface area contributed by atoms with E-state index in [9.17, 15) is 4.79 Å². The van der Waals surface area contributed by atoms with Crippen LogP contribution in [-0.2, 0) is 7.05 Å². The van der Waals surface area contributed by atoms with Crippen molar-refractivity contribution >= 4 is 33.3 Å². The van der Waals surface area contributed by atoms with Gasteiger partial charge in [0.1, 0.15) is 4.70 Å². The minimum atomic E-state index is 0.0351. The highest BCUT2D eigenvalue weighted by molar-refractivity contribution is 7.99. The molecule has 18 heavy (non-hydrogen) atoms. The van der Waals surface area contributed by atoms with E-state index in [1.165, 1.54) is 11.3 Å². The zero-order valence-electron chi connectivity index (χ0n) is 10.3. The second-order valence-corrected chi connectivity index (χ2v) is 6.00. The number of nitrogens with zero attached hydrogens (tertiary/aromatic N) is 2. The standard InChI is InChI=1S/C12H16N2O2S2/c1-14-11(16)10-9(5-8-17-10)13-12(14)18-7-4-2-3-6-15/h5,8,15H,2-4,6-7H2,1H3. The number of rotatable bonds is 6. The van der Waals surface area contributed by atoms with Gasteiger partial charge in [-0.3, -0.25) is 9.36 Å². The average molecular weight is 284 g/mol. The van der Waals surface area contributed by atoms with Gasteiger partial charge < -0.3 is 5.11 Å². The SMILES string of the molecule is Cn1c(SCCCCCO)nc2ccsc2c1=O. The molecule has 0 saturated heterocycles. The predicted molar refractivity (Wildman–Crippen MR) is 76.5 cm³/mol. The van der Waals surface area contributed by atoms with E-state index in [0.29, 0.717) is 0 Å². The van der Waals surface area contributed by atoms with Gasteiger partial charge >= 0.3 is 0 Å². The third-order valence-electron chi connectivity index (χ3n) is 2.68. The summed E-state index contributed by atoms with van der Waals surface area (Å²) < 4.78 is 2.34. The molecule has 98 valence electrons. The van der Waals surface area contributed by atoms with Crippen LogP contribution in [0.4, 0.5) is 0 Å². The number of aliphatic hydroxyl groups is 1. The number of aromatic nitrogens is 2. The van der Waals surface area contributed by atoms with Crippen LogP contribution in [0.5, 0.6) is 0 Å². The van der Waals surface area contributed by atoms with Gasteiger partial charge in [0, 0.05) is 19.4 Å². The molecule has 0 spiro atoms. The van der Waals surface area contributed by atoms with Crippen molar-refractivity contribution in [3.63, 3.8) is 0 Å². The molecule has 0 unspecified atom stereocenters. The van der Waals surface area contributed by atoms with Crippen molar-refractivity contribution in [1.29, 1.82) is 0 Å². The molecule has 0 atom stereocenters. The van der Waals surface area contributed by atoms with Crippen molar-refractivity contribution in [3.05, 3.63) is 21.8 Å². The largest absolute Gasteiger partial charge is 0.396 e. The number of hydrogen-bond donors (Lipinski definition) is 1. The van der Waals surface area contributed by atoms with Gasteiger partial charge in [0.15, 0.2) is 5.16 Å². The van der Waals surface area contributed by atoms with Crippen molar-refractivity contribution in [2.75, 3.05) is 12.4 Å². The van der Waals surface area contributed by atoms with Gasteiger partial charge in [0.25, 0.3) is 5.56 Å². The van der Waals surface area contributed by atoms with Crippen LogP contribution in [0.25, 0.3) is 10.2 Å². The lowest BCUT2D eigenvalue weighted by Gasteiger charge is -2.06. The quantitative estimate of drug-likeness (QED) is 0.502. The third-order valence-corrected chi connectivity index (χ3v) is 4.69. The number of fused-ring (bicyclic) bond motifs is 1. The third kappa shape index (κ3) is 2.93. The summed E-state index contributed by atoms with van der Waals surface area (Å²) in [7, 11) is 1.77. The molecular formula is C12H16N2O2S2. The van der Waals surface area contributed by atoms with E-state index in [0.717, 1.165) is 40.4 Å². The molecule has 2 heterocycles. The molecule has 0 radical (unpaired) electrons. The van der Waals surface area contributed by atoms with Crippen LogP contribution in [-0.4, -0.2) is 27.0 Å². The molecule has 0 bridgehead atoms. The highest BCUT2D eigenvalue weighted by atomic mass is 32.2. The lowest BCUT2D eigenvalue weighted by molar-refractivity contribution is 0.284. The van der Waals surface area contributed by atoms with E-state index in [2.05, 4.69) is 4.98 Å². The Morgan fingerprint density at radius 1 is 1.44 bits per heavy atom. The van der Waals surface area contributed by atoms with Crippen LogP contribution in [0.15, 0.2) is 21.4 Å². The number of thiophene rings is 1. The second kappa shape index (κ2) is 6.36. The van der Waals surface area contributed by atoms with Crippen LogP contribution < -0.4 is 5.56 Å². The zero-order valence-corrected chi connectivity index (χ0v) is 11.9. The summed E-state index contributed by atoms with van der Waals surface area (Å²) >= 11 is 3.04. The zero-order chi connectivity index (χ0) is 13.0. The van der Waals surface area contributed by atoms with E-state index < -0.39 is 0 Å². The molecule has 0 aromatic carbocycles. The van der Waals surface area contributed by atoms with Crippen LogP contribution in [0.1, 0.15) is 19.3 Å². The Balaban J connectivity index is 2.08. The fraction of sp³-hybridized carbons (Fsp3) is 0.500. The summed E-state index contributed by atoms with van der Waals surface area (Å²) in [4.78, 5) is 16.5. The van der Waals surface area contributed by atoms with Crippen LogP contribution in [0.2, 0.25) is 0 Å². The van der Waals surface area contributed by atoms with Gasteiger partial charge in [-0.15, -0.1) is 11.3 Å². The van der Waals surface area contributed by atoms with Crippen molar-refractivity contribution in [2.24, 2.45) is 7.05 Å². The van der Waals surface area contributed by atoms with Crippen molar-refractivity contribution in [2.45, 2.75) is 24.4 Å². The Morgan fingerprint density at radius 3 is 3.06 bits per heavy atom. The molecule has 1 N–H and O–H groups in total. The fourth-order valence-electron chi connectivity index (χ4n) is 1.65. The summed E-state index contributed by atoms with van der Waals surface area (Å²) in [6.07, 6.45) is 2.89. The van der Waals surface area contributed by atoms with E-state index in [4.69, 9.17) is 5.11 Å². The maximum atomic E-state index is 12.0. The summed E-state index contributed by atoms with van der Waals surface area (Å²) in [5.41, 5.74) is 0.828. The van der Waals surface area contributed by atoms with Crippen LogP contribution in [0, 0.1) is 0 Å². The monoisotopic (exact) mass is 284 g/mol. The first-order valence-corrected chi connectivity index (χ1v) is 7.78. The molecule has 2 aromatic heterocycles. The maximum Gasteiger partial charge on any atom is 0.271 e.